The molecule has 0 unspecified atom stereocenters. The molecule has 0 bridgehead atoms. The number of carboxylic acids is 1. The standard InChI is InChI=1S/C12H10N2O3/c1-7-9(8-5-3-2-4-6-8)11(15)14-10(13-7)12(16)17/h2-6H,1H3,(H,16,17)(H,13,14,15). The van der Waals surface area contributed by atoms with E-state index < -0.39 is 11.5 Å². The first-order valence-corrected chi connectivity index (χ1v) is 4.99. The molecule has 0 spiro atoms. The molecule has 1 aromatic heterocycles. The predicted octanol–water partition coefficient (Wildman–Crippen LogP) is 1.44. The van der Waals surface area contributed by atoms with Crippen molar-refractivity contribution in [3.63, 3.8) is 0 Å². The molecule has 1 aromatic carbocycles. The number of carbonyl (C=O) groups is 1. The summed E-state index contributed by atoms with van der Waals surface area (Å²) in [6.07, 6.45) is 0. The number of benzene rings is 1. The quantitative estimate of drug-likeness (QED) is 0.817. The van der Waals surface area contributed by atoms with Gasteiger partial charge in [-0.15, -0.1) is 0 Å². The maximum atomic E-state index is 11.8. The monoisotopic (exact) mass is 230 g/mol. The zero-order valence-corrected chi connectivity index (χ0v) is 9.10. The molecule has 0 aliphatic heterocycles. The van der Waals surface area contributed by atoms with Crippen LogP contribution in [0.1, 0.15) is 16.3 Å². The third kappa shape index (κ3) is 2.08. The van der Waals surface area contributed by atoms with Gasteiger partial charge in [0.2, 0.25) is 5.82 Å². The Labute approximate surface area is 96.8 Å². The molecule has 0 saturated carbocycles. The second kappa shape index (κ2) is 4.21. The number of aromatic nitrogens is 2. The summed E-state index contributed by atoms with van der Waals surface area (Å²) in [5.74, 6) is -1.59. The number of rotatable bonds is 2. The summed E-state index contributed by atoms with van der Waals surface area (Å²) in [7, 11) is 0. The van der Waals surface area contributed by atoms with Crippen molar-refractivity contribution in [3.8, 4) is 11.1 Å². The Morgan fingerprint density at radius 2 is 1.94 bits per heavy atom. The molecule has 17 heavy (non-hydrogen) atoms. The average molecular weight is 230 g/mol. The first kappa shape index (κ1) is 11.1. The molecule has 2 rings (SSSR count). The number of aryl methyl sites for hydroxylation is 1. The summed E-state index contributed by atoms with van der Waals surface area (Å²) in [6.45, 7) is 1.62. The van der Waals surface area contributed by atoms with Gasteiger partial charge in [-0.3, -0.25) is 4.79 Å². The topological polar surface area (TPSA) is 83.0 Å². The van der Waals surface area contributed by atoms with Crippen LogP contribution in [0.3, 0.4) is 0 Å². The van der Waals surface area contributed by atoms with Crippen LogP contribution in [0.2, 0.25) is 0 Å². The SMILES string of the molecule is Cc1nc(C(=O)O)[nH]c(=O)c1-c1ccccc1. The van der Waals surface area contributed by atoms with Gasteiger partial charge in [-0.2, -0.15) is 0 Å². The van der Waals surface area contributed by atoms with Crippen molar-refractivity contribution < 1.29 is 9.90 Å². The molecular weight excluding hydrogens is 220 g/mol. The van der Waals surface area contributed by atoms with Crippen LogP contribution >= 0.6 is 0 Å². The van der Waals surface area contributed by atoms with E-state index in [0.717, 1.165) is 5.56 Å². The van der Waals surface area contributed by atoms with E-state index in [1.807, 2.05) is 6.07 Å². The molecule has 0 amide bonds. The first-order valence-electron chi connectivity index (χ1n) is 4.99. The smallest absolute Gasteiger partial charge is 0.372 e. The number of hydrogen-bond donors (Lipinski definition) is 2. The number of nitrogens with one attached hydrogen (secondary N) is 1. The van der Waals surface area contributed by atoms with Crippen LogP contribution in [0, 0.1) is 6.92 Å². The highest BCUT2D eigenvalue weighted by atomic mass is 16.4. The fourth-order valence-corrected chi connectivity index (χ4v) is 1.63. The van der Waals surface area contributed by atoms with Gasteiger partial charge in [0.05, 0.1) is 11.3 Å². The number of hydrogen-bond acceptors (Lipinski definition) is 3. The highest BCUT2D eigenvalue weighted by Crippen LogP contribution is 2.16. The number of H-pyrrole nitrogens is 1. The van der Waals surface area contributed by atoms with Crippen LogP contribution in [0.25, 0.3) is 11.1 Å². The summed E-state index contributed by atoms with van der Waals surface area (Å²) in [5, 5.41) is 8.76. The fourth-order valence-electron chi connectivity index (χ4n) is 1.63. The molecule has 0 aliphatic carbocycles. The molecule has 86 valence electrons. The Kier molecular flexibility index (Phi) is 2.74. The molecule has 0 fully saturated rings. The second-order valence-corrected chi connectivity index (χ2v) is 3.55. The summed E-state index contributed by atoms with van der Waals surface area (Å²) in [4.78, 5) is 28.6. The molecular formula is C12H10N2O3. The maximum Gasteiger partial charge on any atom is 0.372 e. The van der Waals surface area contributed by atoms with Crippen LogP contribution in [0.5, 0.6) is 0 Å². The molecule has 0 radical (unpaired) electrons. The summed E-state index contributed by atoms with van der Waals surface area (Å²) in [6, 6.07) is 9.00. The van der Waals surface area contributed by atoms with Gasteiger partial charge in [-0.25, -0.2) is 9.78 Å². The largest absolute Gasteiger partial charge is 0.475 e. The van der Waals surface area contributed by atoms with Crippen molar-refractivity contribution in [1.29, 1.82) is 0 Å². The van der Waals surface area contributed by atoms with Crippen LogP contribution < -0.4 is 5.56 Å². The van der Waals surface area contributed by atoms with E-state index in [0.29, 0.717) is 11.3 Å². The Bertz CT molecular complexity index is 617. The molecule has 0 atom stereocenters. The first-order chi connectivity index (χ1) is 8.09. The van der Waals surface area contributed by atoms with Crippen molar-refractivity contribution >= 4 is 5.97 Å². The normalized spacial score (nSPS) is 10.2. The Balaban J connectivity index is 2.65. The minimum absolute atomic E-state index is 0.341. The van der Waals surface area contributed by atoms with Crippen LogP contribution in [-0.2, 0) is 0 Å². The summed E-state index contributed by atoms with van der Waals surface area (Å²) < 4.78 is 0. The lowest BCUT2D eigenvalue weighted by Gasteiger charge is -2.04. The molecule has 0 saturated heterocycles. The number of aromatic carboxylic acids is 1. The second-order valence-electron chi connectivity index (χ2n) is 3.55. The van der Waals surface area contributed by atoms with Gasteiger partial charge in [0.1, 0.15) is 0 Å². The summed E-state index contributed by atoms with van der Waals surface area (Å²) in [5.41, 5.74) is 1.07. The van der Waals surface area contributed by atoms with E-state index in [2.05, 4.69) is 9.97 Å². The van der Waals surface area contributed by atoms with Gasteiger partial charge in [-0.1, -0.05) is 30.3 Å². The fraction of sp³-hybridized carbons (Fsp3) is 0.0833. The van der Waals surface area contributed by atoms with E-state index >= 15 is 0 Å². The van der Waals surface area contributed by atoms with E-state index in [-0.39, 0.29) is 5.82 Å². The average Bonchev–Trinajstić information content (AvgIpc) is 2.29. The highest BCUT2D eigenvalue weighted by Gasteiger charge is 2.13. The van der Waals surface area contributed by atoms with Gasteiger partial charge in [0.15, 0.2) is 0 Å². The van der Waals surface area contributed by atoms with Crippen molar-refractivity contribution in [2.45, 2.75) is 6.92 Å². The van der Waals surface area contributed by atoms with E-state index in [4.69, 9.17) is 5.11 Å². The van der Waals surface area contributed by atoms with Gasteiger partial charge in [-0.05, 0) is 12.5 Å². The Morgan fingerprint density at radius 1 is 1.29 bits per heavy atom. The van der Waals surface area contributed by atoms with E-state index in [1.54, 1.807) is 31.2 Å². The third-order valence-electron chi connectivity index (χ3n) is 2.37. The lowest BCUT2D eigenvalue weighted by atomic mass is 10.1. The lowest BCUT2D eigenvalue weighted by molar-refractivity contribution is 0.0683. The van der Waals surface area contributed by atoms with E-state index in [1.165, 1.54) is 0 Å². The highest BCUT2D eigenvalue weighted by molar-refractivity contribution is 5.83. The Morgan fingerprint density at radius 3 is 2.47 bits per heavy atom. The van der Waals surface area contributed by atoms with Crippen molar-refractivity contribution in [3.05, 3.63) is 52.2 Å². The van der Waals surface area contributed by atoms with Gasteiger partial charge in [0.25, 0.3) is 5.56 Å². The van der Waals surface area contributed by atoms with Crippen LogP contribution in [0.15, 0.2) is 35.1 Å². The van der Waals surface area contributed by atoms with Gasteiger partial charge in [0, 0.05) is 0 Å². The zero-order valence-electron chi connectivity index (χ0n) is 9.10. The molecule has 5 heteroatoms. The number of nitrogens with zero attached hydrogens (tertiary/aromatic N) is 1. The molecule has 0 aliphatic rings. The Hall–Kier alpha value is -2.43. The predicted molar refractivity (Wildman–Crippen MR) is 62.0 cm³/mol. The van der Waals surface area contributed by atoms with Crippen LogP contribution in [-0.4, -0.2) is 21.0 Å². The maximum absolute atomic E-state index is 11.8. The van der Waals surface area contributed by atoms with Crippen molar-refractivity contribution in [1.82, 2.24) is 9.97 Å². The van der Waals surface area contributed by atoms with Crippen LogP contribution in [0.4, 0.5) is 0 Å². The minimum Gasteiger partial charge on any atom is -0.475 e. The molecule has 2 N–H and O–H groups in total. The molecule has 1 heterocycles. The summed E-state index contributed by atoms with van der Waals surface area (Å²) >= 11 is 0. The number of carboxylic acid groups (broad SMARTS) is 1. The zero-order chi connectivity index (χ0) is 12.4. The van der Waals surface area contributed by atoms with E-state index in [9.17, 15) is 9.59 Å². The van der Waals surface area contributed by atoms with Gasteiger partial charge < -0.3 is 10.1 Å². The third-order valence-corrected chi connectivity index (χ3v) is 2.37. The lowest BCUT2D eigenvalue weighted by Crippen LogP contribution is -2.18. The molecule has 2 aromatic rings. The molecule has 5 nitrogen and oxygen atoms in total. The van der Waals surface area contributed by atoms with Gasteiger partial charge >= 0.3 is 5.97 Å². The van der Waals surface area contributed by atoms with Crippen molar-refractivity contribution in [2.75, 3.05) is 0 Å². The van der Waals surface area contributed by atoms with Crippen molar-refractivity contribution in [2.24, 2.45) is 0 Å². The number of aromatic amines is 1. The minimum atomic E-state index is -1.25.